The smallest absolute Gasteiger partial charge is 0.264 e. The SMILES string of the molecule is C[C@H]1Cc2cc(C(=O)Nc3ccc(C4(C#N)CC4)cc3)ccc2N1S(=O)(=O)c1ccccc1. The number of nitrogens with zero attached hydrogens (tertiary/aromatic N) is 2. The monoisotopic (exact) mass is 457 g/mol. The molecule has 1 N–H and O–H groups in total. The molecule has 33 heavy (non-hydrogen) atoms. The number of fused-ring (bicyclic) bond motifs is 1. The molecule has 1 heterocycles. The molecule has 1 saturated carbocycles. The van der Waals surface area contributed by atoms with Gasteiger partial charge in [-0.05, 0) is 79.8 Å². The van der Waals surface area contributed by atoms with Crippen molar-refractivity contribution in [2.24, 2.45) is 0 Å². The third-order valence-corrected chi connectivity index (χ3v) is 8.40. The predicted octanol–water partition coefficient (Wildman–Crippen LogP) is 4.63. The van der Waals surface area contributed by atoms with E-state index in [0.29, 0.717) is 23.4 Å². The maximum absolute atomic E-state index is 13.2. The first-order valence-electron chi connectivity index (χ1n) is 10.9. The highest BCUT2D eigenvalue weighted by molar-refractivity contribution is 7.92. The summed E-state index contributed by atoms with van der Waals surface area (Å²) in [5.41, 5.74) is 3.19. The van der Waals surface area contributed by atoms with Gasteiger partial charge in [-0.3, -0.25) is 9.10 Å². The van der Waals surface area contributed by atoms with Crippen molar-refractivity contribution >= 4 is 27.3 Å². The molecule has 0 unspecified atom stereocenters. The average Bonchev–Trinajstić information content (AvgIpc) is 3.55. The lowest BCUT2D eigenvalue weighted by Crippen LogP contribution is -2.35. The number of benzene rings is 3. The van der Waals surface area contributed by atoms with Crippen molar-refractivity contribution in [2.45, 2.75) is 42.5 Å². The van der Waals surface area contributed by atoms with Crippen LogP contribution in [0.1, 0.15) is 41.3 Å². The molecule has 3 aromatic carbocycles. The van der Waals surface area contributed by atoms with Crippen molar-refractivity contribution in [1.82, 2.24) is 0 Å². The molecule has 1 amide bonds. The highest BCUT2D eigenvalue weighted by Crippen LogP contribution is 2.47. The van der Waals surface area contributed by atoms with Crippen LogP contribution >= 0.6 is 0 Å². The fourth-order valence-corrected chi connectivity index (χ4v) is 6.20. The molecule has 1 aliphatic carbocycles. The van der Waals surface area contributed by atoms with Crippen LogP contribution in [-0.4, -0.2) is 20.4 Å². The summed E-state index contributed by atoms with van der Waals surface area (Å²) in [5, 5.41) is 12.2. The molecule has 2 aliphatic rings. The average molecular weight is 458 g/mol. The minimum Gasteiger partial charge on any atom is -0.322 e. The van der Waals surface area contributed by atoms with E-state index in [9.17, 15) is 18.5 Å². The van der Waals surface area contributed by atoms with Crippen LogP contribution < -0.4 is 9.62 Å². The maximum atomic E-state index is 13.2. The van der Waals surface area contributed by atoms with Gasteiger partial charge in [-0.2, -0.15) is 5.26 Å². The summed E-state index contributed by atoms with van der Waals surface area (Å²) in [6.45, 7) is 1.87. The van der Waals surface area contributed by atoms with E-state index in [0.717, 1.165) is 24.0 Å². The van der Waals surface area contributed by atoms with E-state index in [1.54, 1.807) is 48.5 Å². The van der Waals surface area contributed by atoms with E-state index in [2.05, 4.69) is 11.4 Å². The molecule has 0 aromatic heterocycles. The number of nitrogens with one attached hydrogen (secondary N) is 1. The summed E-state index contributed by atoms with van der Waals surface area (Å²) in [7, 11) is -3.69. The van der Waals surface area contributed by atoms with E-state index in [1.807, 2.05) is 31.2 Å². The van der Waals surface area contributed by atoms with Crippen LogP contribution in [0.25, 0.3) is 0 Å². The molecule has 5 rings (SSSR count). The quantitative estimate of drug-likeness (QED) is 0.605. The van der Waals surface area contributed by atoms with Crippen LogP contribution in [0.3, 0.4) is 0 Å². The molecule has 0 bridgehead atoms. The minimum absolute atomic E-state index is 0.244. The molecular weight excluding hydrogens is 434 g/mol. The Kier molecular flexibility index (Phi) is 4.98. The number of carbonyl (C=O) groups excluding carboxylic acids is 1. The molecular formula is C26H23N3O3S. The maximum Gasteiger partial charge on any atom is 0.264 e. The molecule has 0 radical (unpaired) electrons. The number of amides is 1. The largest absolute Gasteiger partial charge is 0.322 e. The molecule has 6 nitrogen and oxygen atoms in total. The number of hydrogen-bond acceptors (Lipinski definition) is 4. The Morgan fingerprint density at radius 3 is 2.39 bits per heavy atom. The van der Waals surface area contributed by atoms with E-state index < -0.39 is 10.0 Å². The fraction of sp³-hybridized carbons (Fsp3) is 0.231. The van der Waals surface area contributed by atoms with Crippen LogP contribution in [0.4, 0.5) is 11.4 Å². The van der Waals surface area contributed by atoms with Gasteiger partial charge in [-0.1, -0.05) is 30.3 Å². The van der Waals surface area contributed by atoms with E-state index in [4.69, 9.17) is 0 Å². The molecule has 7 heteroatoms. The number of hydrogen-bond donors (Lipinski definition) is 1. The van der Waals surface area contributed by atoms with Crippen LogP contribution in [0.2, 0.25) is 0 Å². The zero-order chi connectivity index (χ0) is 23.2. The molecule has 1 atom stereocenters. The second-order valence-electron chi connectivity index (χ2n) is 8.74. The van der Waals surface area contributed by atoms with Gasteiger partial charge in [-0.15, -0.1) is 0 Å². The molecule has 1 aliphatic heterocycles. The molecule has 166 valence electrons. The third kappa shape index (κ3) is 3.66. The van der Waals surface area contributed by atoms with Gasteiger partial charge in [0.1, 0.15) is 0 Å². The predicted molar refractivity (Wildman–Crippen MR) is 127 cm³/mol. The first-order valence-corrected chi connectivity index (χ1v) is 12.3. The zero-order valence-electron chi connectivity index (χ0n) is 18.2. The van der Waals surface area contributed by atoms with Gasteiger partial charge >= 0.3 is 0 Å². The summed E-state index contributed by atoms with van der Waals surface area (Å²) >= 11 is 0. The number of sulfonamides is 1. The Balaban J connectivity index is 1.36. The van der Waals surface area contributed by atoms with E-state index in [-0.39, 0.29) is 22.3 Å². The molecule has 0 spiro atoms. The number of nitriles is 1. The van der Waals surface area contributed by atoms with Crippen LogP contribution in [0.5, 0.6) is 0 Å². The van der Waals surface area contributed by atoms with Crippen LogP contribution in [-0.2, 0) is 21.9 Å². The first-order chi connectivity index (χ1) is 15.8. The number of carbonyl (C=O) groups is 1. The van der Waals surface area contributed by atoms with Gasteiger partial charge in [-0.25, -0.2) is 8.42 Å². The van der Waals surface area contributed by atoms with Crippen molar-refractivity contribution in [2.75, 3.05) is 9.62 Å². The molecule has 3 aromatic rings. The van der Waals surface area contributed by atoms with Crippen LogP contribution in [0.15, 0.2) is 77.7 Å². The lowest BCUT2D eigenvalue weighted by molar-refractivity contribution is 0.102. The Morgan fingerprint density at radius 1 is 1.06 bits per heavy atom. The fourth-order valence-electron chi connectivity index (χ4n) is 4.48. The van der Waals surface area contributed by atoms with Crippen molar-refractivity contribution in [1.29, 1.82) is 5.26 Å². The van der Waals surface area contributed by atoms with Crippen molar-refractivity contribution in [3.05, 3.63) is 89.5 Å². The van der Waals surface area contributed by atoms with Gasteiger partial charge in [0.15, 0.2) is 0 Å². The Labute approximate surface area is 193 Å². The van der Waals surface area contributed by atoms with Crippen molar-refractivity contribution in [3.63, 3.8) is 0 Å². The second-order valence-corrected chi connectivity index (χ2v) is 10.6. The van der Waals surface area contributed by atoms with Gasteiger partial charge in [0.25, 0.3) is 15.9 Å². The van der Waals surface area contributed by atoms with Gasteiger partial charge < -0.3 is 5.32 Å². The Hall–Kier alpha value is -3.63. The first kappa shape index (κ1) is 21.2. The lowest BCUT2D eigenvalue weighted by Gasteiger charge is -2.24. The van der Waals surface area contributed by atoms with E-state index >= 15 is 0 Å². The van der Waals surface area contributed by atoms with Gasteiger partial charge in [0.2, 0.25) is 0 Å². The minimum atomic E-state index is -3.69. The Bertz CT molecular complexity index is 1370. The van der Waals surface area contributed by atoms with Crippen molar-refractivity contribution < 1.29 is 13.2 Å². The number of anilines is 2. The summed E-state index contributed by atoms with van der Waals surface area (Å²) in [6.07, 6.45) is 2.28. The summed E-state index contributed by atoms with van der Waals surface area (Å²) < 4.78 is 27.9. The summed E-state index contributed by atoms with van der Waals surface area (Å²) in [6, 6.07) is 23.1. The highest BCUT2D eigenvalue weighted by atomic mass is 32.2. The number of rotatable bonds is 5. The second kappa shape index (κ2) is 7.75. The van der Waals surface area contributed by atoms with Gasteiger partial charge in [0, 0.05) is 17.3 Å². The Morgan fingerprint density at radius 2 is 1.76 bits per heavy atom. The normalized spacial score (nSPS) is 18.3. The zero-order valence-corrected chi connectivity index (χ0v) is 19.0. The topological polar surface area (TPSA) is 90.3 Å². The lowest BCUT2D eigenvalue weighted by atomic mass is 9.97. The molecule has 1 fully saturated rings. The highest BCUT2D eigenvalue weighted by Gasteiger charge is 2.44. The third-order valence-electron chi connectivity index (χ3n) is 6.45. The molecule has 0 saturated heterocycles. The van der Waals surface area contributed by atoms with Gasteiger partial charge in [0.05, 0.1) is 22.1 Å². The summed E-state index contributed by atoms with van der Waals surface area (Å²) in [5.74, 6) is -0.260. The summed E-state index contributed by atoms with van der Waals surface area (Å²) in [4.78, 5) is 13.1. The van der Waals surface area contributed by atoms with Crippen molar-refractivity contribution in [3.8, 4) is 6.07 Å². The standard InChI is InChI=1S/C26H23N3O3S/c1-18-15-20-16-19(7-12-24(20)29(18)33(31,32)23-5-3-2-4-6-23)25(30)28-22-10-8-21(9-11-22)26(17-27)13-14-26/h2-12,16,18H,13-15H2,1H3,(H,28,30)/t18-/m0/s1. The van der Waals surface area contributed by atoms with Crippen LogP contribution in [0, 0.1) is 11.3 Å². The van der Waals surface area contributed by atoms with E-state index in [1.165, 1.54) is 4.31 Å².